The molecule has 0 radical (unpaired) electrons. The summed E-state index contributed by atoms with van der Waals surface area (Å²) in [6.45, 7) is 1.95. The highest BCUT2D eigenvalue weighted by atomic mass is 79.9. The molecule has 0 fully saturated rings. The van der Waals surface area contributed by atoms with Crippen LogP contribution in [0.15, 0.2) is 33.2 Å². The predicted molar refractivity (Wildman–Crippen MR) is 118 cm³/mol. The zero-order valence-corrected chi connectivity index (χ0v) is 20.0. The van der Waals surface area contributed by atoms with E-state index in [-0.39, 0.29) is 17.1 Å². The van der Waals surface area contributed by atoms with Crippen LogP contribution in [0.4, 0.5) is 5.69 Å². The molecule has 0 saturated heterocycles. The fourth-order valence-electron chi connectivity index (χ4n) is 2.56. The first-order valence-corrected chi connectivity index (χ1v) is 10.3. The largest absolute Gasteiger partial charge is 0.494 e. The number of carbonyl (C=O) groups excluding carboxylic acids is 2. The summed E-state index contributed by atoms with van der Waals surface area (Å²) in [4.78, 5) is 24.8. The van der Waals surface area contributed by atoms with Crippen LogP contribution in [0.1, 0.15) is 17.3 Å². The van der Waals surface area contributed by atoms with Crippen molar-refractivity contribution in [2.45, 2.75) is 6.92 Å². The van der Waals surface area contributed by atoms with Crippen LogP contribution >= 0.6 is 31.9 Å². The van der Waals surface area contributed by atoms with Crippen LogP contribution in [0, 0.1) is 0 Å². The van der Waals surface area contributed by atoms with Gasteiger partial charge in [0.15, 0.2) is 18.1 Å². The minimum atomic E-state index is -0.755. The number of hydrogen-bond acceptors (Lipinski definition) is 7. The van der Waals surface area contributed by atoms with Gasteiger partial charge in [-0.05, 0) is 63.0 Å². The van der Waals surface area contributed by atoms with Crippen molar-refractivity contribution in [2.75, 3.05) is 39.9 Å². The van der Waals surface area contributed by atoms with Crippen LogP contribution in [0.5, 0.6) is 23.0 Å². The summed E-state index contributed by atoms with van der Waals surface area (Å²) in [7, 11) is 4.30. The Balaban J connectivity index is 2.13. The minimum absolute atomic E-state index is 0.0957. The maximum absolute atomic E-state index is 12.7. The lowest BCUT2D eigenvalue weighted by Gasteiger charge is -2.18. The monoisotopic (exact) mass is 545 g/mol. The molecule has 2 aromatic rings. The first kappa shape index (κ1) is 23.8. The van der Waals surface area contributed by atoms with Gasteiger partial charge in [-0.1, -0.05) is 0 Å². The van der Waals surface area contributed by atoms with E-state index in [1.165, 1.54) is 21.3 Å². The third-order valence-corrected chi connectivity index (χ3v) is 5.36. The lowest BCUT2D eigenvalue weighted by atomic mass is 10.2. The van der Waals surface area contributed by atoms with Crippen LogP contribution in [-0.2, 0) is 9.53 Å². The van der Waals surface area contributed by atoms with Crippen LogP contribution in [0.2, 0.25) is 0 Å². The molecule has 0 unspecified atom stereocenters. The summed E-state index contributed by atoms with van der Waals surface area (Å²) < 4.78 is 27.1. The first-order chi connectivity index (χ1) is 14.4. The molecule has 0 atom stereocenters. The van der Waals surface area contributed by atoms with E-state index in [9.17, 15) is 9.59 Å². The Morgan fingerprint density at radius 2 is 1.43 bits per heavy atom. The number of methoxy groups -OCH3 is 3. The van der Waals surface area contributed by atoms with Gasteiger partial charge in [0.1, 0.15) is 5.75 Å². The number of ether oxygens (including phenoxy) is 5. The Labute approximate surface area is 191 Å². The van der Waals surface area contributed by atoms with Crippen LogP contribution in [0.3, 0.4) is 0 Å². The summed E-state index contributed by atoms with van der Waals surface area (Å²) in [5.41, 5.74) is 0.646. The number of esters is 1. The van der Waals surface area contributed by atoms with Crippen molar-refractivity contribution in [3.63, 3.8) is 0 Å². The SMILES string of the molecule is CCOc1ccc(NC(=O)COC(=O)c2c(Br)c(OC)c(OC)c(OC)c2Br)cc1. The number of anilines is 1. The Bertz CT molecular complexity index is 885. The predicted octanol–water partition coefficient (Wildman–Crippen LogP) is 4.43. The molecule has 0 spiro atoms. The van der Waals surface area contributed by atoms with E-state index in [0.717, 1.165) is 0 Å². The molecular weight excluding hydrogens is 526 g/mol. The molecule has 8 nitrogen and oxygen atoms in total. The summed E-state index contributed by atoms with van der Waals surface area (Å²) >= 11 is 6.65. The average molecular weight is 547 g/mol. The fraction of sp³-hybridized carbons (Fsp3) is 0.300. The maximum Gasteiger partial charge on any atom is 0.341 e. The maximum atomic E-state index is 12.7. The highest BCUT2D eigenvalue weighted by molar-refractivity contribution is 9.11. The van der Waals surface area contributed by atoms with Gasteiger partial charge in [0.05, 0.1) is 42.4 Å². The molecule has 0 bridgehead atoms. The number of carbonyl (C=O) groups is 2. The molecule has 10 heteroatoms. The third kappa shape index (κ3) is 5.37. The van der Waals surface area contributed by atoms with Crippen molar-refractivity contribution < 1.29 is 33.3 Å². The molecule has 1 amide bonds. The van der Waals surface area contributed by atoms with Crippen molar-refractivity contribution in [2.24, 2.45) is 0 Å². The van der Waals surface area contributed by atoms with E-state index in [0.29, 0.717) is 32.7 Å². The van der Waals surface area contributed by atoms with Gasteiger partial charge in [0, 0.05) is 5.69 Å². The molecule has 0 aliphatic heterocycles. The zero-order valence-electron chi connectivity index (χ0n) is 16.8. The van der Waals surface area contributed by atoms with E-state index in [2.05, 4.69) is 37.2 Å². The van der Waals surface area contributed by atoms with E-state index in [1.54, 1.807) is 24.3 Å². The van der Waals surface area contributed by atoms with E-state index in [1.807, 2.05) is 6.92 Å². The first-order valence-electron chi connectivity index (χ1n) is 8.74. The average Bonchev–Trinajstić information content (AvgIpc) is 2.73. The highest BCUT2D eigenvalue weighted by Gasteiger charge is 2.29. The smallest absolute Gasteiger partial charge is 0.341 e. The molecule has 1 N–H and O–H groups in total. The number of nitrogens with one attached hydrogen (secondary N) is 1. The third-order valence-electron chi connectivity index (χ3n) is 3.85. The van der Waals surface area contributed by atoms with E-state index in [4.69, 9.17) is 23.7 Å². The number of hydrogen-bond donors (Lipinski definition) is 1. The van der Waals surface area contributed by atoms with Crippen LogP contribution in [-0.4, -0.2) is 46.4 Å². The Kier molecular flexibility index (Phi) is 8.79. The standard InChI is InChI=1S/C20H21Br2NO7/c1-5-29-12-8-6-11(7-9-12)23-13(24)10-30-20(25)14-15(21)17(26-2)19(28-4)18(27-3)16(14)22/h6-9H,5,10H2,1-4H3,(H,23,24). The van der Waals surface area contributed by atoms with Crippen LogP contribution in [0.25, 0.3) is 0 Å². The molecule has 162 valence electrons. The van der Waals surface area contributed by atoms with Crippen molar-refractivity contribution >= 4 is 49.4 Å². The van der Waals surface area contributed by atoms with Crippen molar-refractivity contribution in [1.29, 1.82) is 0 Å². The van der Waals surface area contributed by atoms with Gasteiger partial charge in [-0.25, -0.2) is 4.79 Å². The lowest BCUT2D eigenvalue weighted by molar-refractivity contribution is -0.119. The molecule has 0 saturated carbocycles. The molecule has 0 heterocycles. The van der Waals surface area contributed by atoms with Crippen molar-refractivity contribution in [3.05, 3.63) is 38.8 Å². The Hall–Kier alpha value is -2.46. The zero-order chi connectivity index (χ0) is 22.3. The van der Waals surface area contributed by atoms with Gasteiger partial charge in [0.25, 0.3) is 5.91 Å². The quantitative estimate of drug-likeness (QED) is 0.465. The molecule has 2 rings (SSSR count). The van der Waals surface area contributed by atoms with Gasteiger partial charge in [-0.3, -0.25) is 4.79 Å². The second kappa shape index (κ2) is 11.1. The minimum Gasteiger partial charge on any atom is -0.494 e. The summed E-state index contributed by atoms with van der Waals surface area (Å²) in [6.07, 6.45) is 0. The number of halogens is 2. The Morgan fingerprint density at radius 3 is 1.90 bits per heavy atom. The van der Waals surface area contributed by atoms with E-state index >= 15 is 0 Å². The highest BCUT2D eigenvalue weighted by Crippen LogP contribution is 2.50. The second-order valence-electron chi connectivity index (χ2n) is 5.68. The summed E-state index contributed by atoms with van der Waals surface area (Å²) in [5.74, 6) is 0.247. The molecule has 0 aliphatic carbocycles. The number of rotatable bonds is 9. The van der Waals surface area contributed by atoms with Crippen molar-refractivity contribution in [1.82, 2.24) is 0 Å². The molecule has 30 heavy (non-hydrogen) atoms. The molecule has 2 aromatic carbocycles. The number of benzene rings is 2. The lowest BCUT2D eigenvalue weighted by Crippen LogP contribution is -2.21. The van der Waals surface area contributed by atoms with Gasteiger partial charge >= 0.3 is 5.97 Å². The Morgan fingerprint density at radius 1 is 0.900 bits per heavy atom. The number of amides is 1. The second-order valence-corrected chi connectivity index (χ2v) is 7.27. The van der Waals surface area contributed by atoms with Gasteiger partial charge in [0.2, 0.25) is 5.75 Å². The van der Waals surface area contributed by atoms with Gasteiger partial charge in [-0.2, -0.15) is 0 Å². The fourth-order valence-corrected chi connectivity index (χ4v) is 4.23. The summed E-state index contributed by atoms with van der Waals surface area (Å²) in [5, 5.41) is 2.65. The van der Waals surface area contributed by atoms with Crippen LogP contribution < -0.4 is 24.3 Å². The normalized spacial score (nSPS) is 10.2. The van der Waals surface area contributed by atoms with Crippen molar-refractivity contribution in [3.8, 4) is 23.0 Å². The van der Waals surface area contributed by atoms with Gasteiger partial charge < -0.3 is 29.0 Å². The summed E-state index contributed by atoms with van der Waals surface area (Å²) in [6, 6.07) is 6.85. The topological polar surface area (TPSA) is 92.3 Å². The van der Waals surface area contributed by atoms with Gasteiger partial charge in [-0.15, -0.1) is 0 Å². The molecular formula is C20H21Br2NO7. The molecule has 0 aromatic heterocycles. The molecule has 0 aliphatic rings. The van der Waals surface area contributed by atoms with E-state index < -0.39 is 18.5 Å².